The number of fused-ring (bicyclic) bond motifs is 1. The summed E-state index contributed by atoms with van der Waals surface area (Å²) in [5, 5.41) is 9.48. The van der Waals surface area contributed by atoms with Crippen LogP contribution in [0, 0.1) is 0 Å². The highest BCUT2D eigenvalue weighted by atomic mass is 16.5. The van der Waals surface area contributed by atoms with Gasteiger partial charge in [0, 0.05) is 11.6 Å². The number of carboxylic acids is 1. The van der Waals surface area contributed by atoms with E-state index in [1.54, 1.807) is 20.3 Å². The van der Waals surface area contributed by atoms with Crippen molar-refractivity contribution >= 4 is 23.0 Å². The third kappa shape index (κ3) is 3.24. The fourth-order valence-electron chi connectivity index (χ4n) is 2.39. The number of unbranched alkanes of at least 4 members (excludes halogenated alkanes) is 1. The van der Waals surface area contributed by atoms with Crippen LogP contribution in [0.2, 0.25) is 0 Å². The van der Waals surface area contributed by atoms with Crippen LogP contribution in [0.1, 0.15) is 31.1 Å². The van der Waals surface area contributed by atoms with Gasteiger partial charge in [0.05, 0.1) is 19.6 Å². The van der Waals surface area contributed by atoms with Crippen LogP contribution in [-0.4, -0.2) is 25.3 Å². The maximum Gasteiger partial charge on any atom is 0.328 e. The largest absolute Gasteiger partial charge is 0.496 e. The average molecular weight is 304 g/mol. The lowest BCUT2D eigenvalue weighted by molar-refractivity contribution is -0.131. The van der Waals surface area contributed by atoms with Crippen molar-refractivity contribution < 1.29 is 23.8 Å². The lowest BCUT2D eigenvalue weighted by atomic mass is 10.0. The van der Waals surface area contributed by atoms with Gasteiger partial charge in [-0.2, -0.15) is 0 Å². The first kappa shape index (κ1) is 15.9. The predicted molar refractivity (Wildman–Crippen MR) is 84.6 cm³/mol. The van der Waals surface area contributed by atoms with E-state index in [1.807, 2.05) is 6.07 Å². The van der Waals surface area contributed by atoms with Gasteiger partial charge in [-0.15, -0.1) is 0 Å². The maximum absolute atomic E-state index is 10.6. The van der Waals surface area contributed by atoms with Crippen molar-refractivity contribution in [3.8, 4) is 11.5 Å². The van der Waals surface area contributed by atoms with Gasteiger partial charge >= 0.3 is 5.97 Å². The van der Waals surface area contributed by atoms with Gasteiger partial charge in [0.15, 0.2) is 11.3 Å². The van der Waals surface area contributed by atoms with Crippen molar-refractivity contribution in [2.24, 2.45) is 0 Å². The molecule has 0 unspecified atom stereocenters. The molecule has 5 heteroatoms. The number of aliphatic carboxylic acids is 1. The van der Waals surface area contributed by atoms with E-state index in [-0.39, 0.29) is 0 Å². The quantitative estimate of drug-likeness (QED) is 0.786. The van der Waals surface area contributed by atoms with Crippen molar-refractivity contribution in [3.05, 3.63) is 29.5 Å². The maximum atomic E-state index is 10.6. The molecule has 0 fully saturated rings. The minimum Gasteiger partial charge on any atom is -0.496 e. The Morgan fingerprint density at radius 2 is 2.09 bits per heavy atom. The monoisotopic (exact) mass is 304 g/mol. The fourth-order valence-corrected chi connectivity index (χ4v) is 2.39. The first-order valence-corrected chi connectivity index (χ1v) is 7.19. The number of benzene rings is 1. The second kappa shape index (κ2) is 7.02. The third-order valence-corrected chi connectivity index (χ3v) is 3.43. The summed E-state index contributed by atoms with van der Waals surface area (Å²) in [5.74, 6) is 0.796. The van der Waals surface area contributed by atoms with Crippen LogP contribution in [0.4, 0.5) is 0 Å². The molecule has 1 N–H and O–H groups in total. The summed E-state index contributed by atoms with van der Waals surface area (Å²) >= 11 is 0. The number of aryl methyl sites for hydroxylation is 1. The summed E-state index contributed by atoms with van der Waals surface area (Å²) < 4.78 is 16.7. The van der Waals surface area contributed by atoms with Crippen LogP contribution < -0.4 is 9.47 Å². The van der Waals surface area contributed by atoms with Crippen LogP contribution >= 0.6 is 0 Å². The molecule has 0 aliphatic rings. The van der Waals surface area contributed by atoms with E-state index in [2.05, 4.69) is 6.92 Å². The van der Waals surface area contributed by atoms with Gasteiger partial charge in [0.1, 0.15) is 11.5 Å². The Morgan fingerprint density at radius 3 is 2.68 bits per heavy atom. The molecular formula is C17H20O5. The molecular weight excluding hydrogens is 284 g/mol. The van der Waals surface area contributed by atoms with Crippen molar-refractivity contribution in [1.29, 1.82) is 0 Å². The topological polar surface area (TPSA) is 68.9 Å². The molecule has 0 bridgehead atoms. The van der Waals surface area contributed by atoms with E-state index < -0.39 is 5.97 Å². The van der Waals surface area contributed by atoms with E-state index in [9.17, 15) is 4.79 Å². The van der Waals surface area contributed by atoms with Crippen LogP contribution in [0.5, 0.6) is 11.5 Å². The Hall–Kier alpha value is -2.43. The molecule has 0 amide bonds. The highest BCUT2D eigenvalue weighted by Gasteiger charge is 2.17. The standard InChI is InChI=1S/C17H20O5/c1-4-5-6-11-9-14(20-2)13-10-12(7-8-15(18)19)22-17(13)16(11)21-3/h7-10H,4-6H2,1-3H3,(H,18,19)/b8-7+. The van der Waals surface area contributed by atoms with E-state index in [1.165, 1.54) is 6.08 Å². The van der Waals surface area contributed by atoms with Gasteiger partial charge < -0.3 is 19.0 Å². The van der Waals surface area contributed by atoms with Gasteiger partial charge in [-0.3, -0.25) is 0 Å². The Labute approximate surface area is 129 Å². The van der Waals surface area contributed by atoms with Gasteiger partial charge in [-0.1, -0.05) is 13.3 Å². The zero-order chi connectivity index (χ0) is 16.1. The molecule has 0 aliphatic heterocycles. The Balaban J connectivity index is 2.58. The number of furan rings is 1. The zero-order valence-corrected chi connectivity index (χ0v) is 13.0. The van der Waals surface area contributed by atoms with Crippen LogP contribution in [-0.2, 0) is 11.2 Å². The Kier molecular flexibility index (Phi) is 5.09. The van der Waals surface area contributed by atoms with Crippen molar-refractivity contribution in [1.82, 2.24) is 0 Å². The number of hydrogen-bond donors (Lipinski definition) is 1. The van der Waals surface area contributed by atoms with Crippen molar-refractivity contribution in [2.45, 2.75) is 26.2 Å². The molecule has 1 heterocycles. The Bertz CT molecular complexity index is 697. The molecule has 0 aliphatic carbocycles. The molecule has 2 aromatic rings. The summed E-state index contributed by atoms with van der Waals surface area (Å²) in [6.07, 6.45) is 5.43. The minimum atomic E-state index is -1.02. The molecule has 0 spiro atoms. The molecule has 0 atom stereocenters. The first-order valence-electron chi connectivity index (χ1n) is 7.19. The second-order valence-electron chi connectivity index (χ2n) is 4.94. The summed E-state index contributed by atoms with van der Waals surface area (Å²) in [6, 6.07) is 3.71. The molecule has 118 valence electrons. The van der Waals surface area contributed by atoms with Gasteiger partial charge in [0.25, 0.3) is 0 Å². The van der Waals surface area contributed by atoms with Gasteiger partial charge in [-0.05, 0) is 31.1 Å². The van der Waals surface area contributed by atoms with E-state index in [4.69, 9.17) is 19.0 Å². The van der Waals surface area contributed by atoms with Gasteiger partial charge in [0.2, 0.25) is 0 Å². The van der Waals surface area contributed by atoms with Crippen LogP contribution in [0.3, 0.4) is 0 Å². The molecule has 2 rings (SSSR count). The third-order valence-electron chi connectivity index (χ3n) is 3.43. The molecule has 0 radical (unpaired) electrons. The van der Waals surface area contributed by atoms with E-state index in [0.29, 0.717) is 22.8 Å². The summed E-state index contributed by atoms with van der Waals surface area (Å²) in [7, 11) is 3.20. The molecule has 5 nitrogen and oxygen atoms in total. The summed E-state index contributed by atoms with van der Waals surface area (Å²) in [5.41, 5.74) is 1.61. The molecule has 22 heavy (non-hydrogen) atoms. The van der Waals surface area contributed by atoms with Crippen LogP contribution in [0.15, 0.2) is 22.6 Å². The molecule has 1 aromatic heterocycles. The fraction of sp³-hybridized carbons (Fsp3) is 0.353. The lowest BCUT2D eigenvalue weighted by Gasteiger charge is -2.11. The van der Waals surface area contributed by atoms with E-state index >= 15 is 0 Å². The normalized spacial score (nSPS) is 11.2. The SMILES string of the molecule is CCCCc1cc(OC)c2cc(/C=C/C(=O)O)oc2c1OC. The smallest absolute Gasteiger partial charge is 0.328 e. The number of methoxy groups -OCH3 is 2. The number of ether oxygens (including phenoxy) is 2. The molecule has 0 saturated heterocycles. The summed E-state index contributed by atoms with van der Waals surface area (Å²) in [4.78, 5) is 10.6. The van der Waals surface area contributed by atoms with Crippen molar-refractivity contribution in [3.63, 3.8) is 0 Å². The zero-order valence-electron chi connectivity index (χ0n) is 13.0. The number of carboxylic acid groups (broad SMARTS) is 1. The summed E-state index contributed by atoms with van der Waals surface area (Å²) in [6.45, 7) is 2.13. The minimum absolute atomic E-state index is 0.446. The highest BCUT2D eigenvalue weighted by Crippen LogP contribution is 2.39. The van der Waals surface area contributed by atoms with E-state index in [0.717, 1.165) is 36.3 Å². The first-order chi connectivity index (χ1) is 10.6. The lowest BCUT2D eigenvalue weighted by Crippen LogP contribution is -1.95. The Morgan fingerprint density at radius 1 is 1.32 bits per heavy atom. The second-order valence-corrected chi connectivity index (χ2v) is 4.94. The number of rotatable bonds is 7. The molecule has 0 saturated carbocycles. The predicted octanol–water partition coefficient (Wildman–Crippen LogP) is 3.89. The van der Waals surface area contributed by atoms with Gasteiger partial charge in [-0.25, -0.2) is 4.79 Å². The van der Waals surface area contributed by atoms with Crippen molar-refractivity contribution in [2.75, 3.05) is 14.2 Å². The molecule has 1 aromatic carbocycles. The average Bonchev–Trinajstić information content (AvgIpc) is 2.93. The highest BCUT2D eigenvalue weighted by molar-refractivity contribution is 5.93. The number of hydrogen-bond acceptors (Lipinski definition) is 4. The van der Waals surface area contributed by atoms with Crippen LogP contribution in [0.25, 0.3) is 17.0 Å². The number of carbonyl (C=O) groups is 1.